The molecule has 0 fully saturated rings. The van der Waals surface area contributed by atoms with Gasteiger partial charge in [-0.2, -0.15) is 13.2 Å². The van der Waals surface area contributed by atoms with Gasteiger partial charge in [-0.05, 0) is 19.1 Å². The molecule has 3 N–H and O–H groups in total. The van der Waals surface area contributed by atoms with Crippen LogP contribution in [0.25, 0.3) is 10.2 Å². The second-order valence-electron chi connectivity index (χ2n) is 4.09. The number of nitrogens with zero attached hydrogens (tertiary/aromatic N) is 1. The number of benzene rings is 1. The van der Waals surface area contributed by atoms with Gasteiger partial charge in [-0.1, -0.05) is 0 Å². The Morgan fingerprint density at radius 2 is 2.17 bits per heavy atom. The highest BCUT2D eigenvalue weighted by molar-refractivity contribution is 7.16. The lowest BCUT2D eigenvalue weighted by molar-refractivity contribution is -0.136. The highest BCUT2D eigenvalue weighted by Crippen LogP contribution is 2.31. The van der Waals surface area contributed by atoms with E-state index in [4.69, 9.17) is 5.73 Å². The molecule has 0 bridgehead atoms. The molecule has 2 aromatic rings. The molecule has 2 rings (SSSR count). The molecule has 98 valence electrons. The second kappa shape index (κ2) is 4.64. The van der Waals surface area contributed by atoms with E-state index in [0.29, 0.717) is 16.9 Å². The Labute approximate surface area is 106 Å². The van der Waals surface area contributed by atoms with Gasteiger partial charge in [0.1, 0.15) is 5.52 Å². The Balaban J connectivity index is 2.19. The van der Waals surface area contributed by atoms with Crippen molar-refractivity contribution in [2.75, 3.05) is 11.1 Å². The third-order valence-electron chi connectivity index (χ3n) is 2.48. The van der Waals surface area contributed by atoms with Crippen LogP contribution in [0.3, 0.4) is 0 Å². The van der Waals surface area contributed by atoms with Gasteiger partial charge in [0.25, 0.3) is 0 Å². The Kier molecular flexibility index (Phi) is 3.34. The van der Waals surface area contributed by atoms with Gasteiger partial charge < -0.3 is 11.1 Å². The molecule has 0 aliphatic rings. The monoisotopic (exact) mass is 275 g/mol. The molecule has 1 aromatic heterocycles. The number of fused-ring (bicyclic) bond motifs is 1. The maximum atomic E-state index is 12.2. The number of anilines is 2. The van der Waals surface area contributed by atoms with E-state index in [1.165, 1.54) is 18.3 Å². The normalized spacial score (nSPS) is 13.8. The third-order valence-corrected chi connectivity index (χ3v) is 3.28. The summed E-state index contributed by atoms with van der Waals surface area (Å²) in [4.78, 5) is 4.09. The Hall–Kier alpha value is -1.50. The van der Waals surface area contributed by atoms with Crippen LogP contribution in [0.4, 0.5) is 24.5 Å². The minimum atomic E-state index is -4.19. The summed E-state index contributed by atoms with van der Waals surface area (Å²) in [6, 6.07) is 2.75. The molecule has 1 unspecified atom stereocenters. The van der Waals surface area contributed by atoms with Gasteiger partial charge in [0.15, 0.2) is 0 Å². The smallest absolute Gasteiger partial charge is 0.391 e. The fourth-order valence-electron chi connectivity index (χ4n) is 1.74. The molecule has 0 aliphatic heterocycles. The van der Waals surface area contributed by atoms with Gasteiger partial charge >= 0.3 is 6.18 Å². The van der Waals surface area contributed by atoms with E-state index < -0.39 is 18.6 Å². The first kappa shape index (κ1) is 12.9. The first-order valence-corrected chi connectivity index (χ1v) is 6.20. The third kappa shape index (κ3) is 2.84. The van der Waals surface area contributed by atoms with Crippen molar-refractivity contribution in [2.24, 2.45) is 0 Å². The zero-order valence-electron chi connectivity index (χ0n) is 9.58. The van der Waals surface area contributed by atoms with E-state index >= 15 is 0 Å². The van der Waals surface area contributed by atoms with E-state index in [1.54, 1.807) is 17.6 Å². The summed E-state index contributed by atoms with van der Waals surface area (Å²) in [6.45, 7) is 1.47. The minimum absolute atomic E-state index is 0.391. The maximum Gasteiger partial charge on any atom is 0.391 e. The number of rotatable bonds is 3. The van der Waals surface area contributed by atoms with E-state index in [-0.39, 0.29) is 0 Å². The number of nitrogens with two attached hydrogens (primary N) is 1. The summed E-state index contributed by atoms with van der Waals surface area (Å²) < 4.78 is 37.6. The first-order valence-electron chi connectivity index (χ1n) is 5.32. The molecule has 0 aliphatic carbocycles. The molecule has 0 saturated heterocycles. The Morgan fingerprint density at radius 1 is 1.44 bits per heavy atom. The summed E-state index contributed by atoms with van der Waals surface area (Å²) in [5, 5.41) is 2.77. The summed E-state index contributed by atoms with van der Waals surface area (Å²) in [5.41, 5.74) is 9.04. The van der Waals surface area contributed by atoms with Crippen LogP contribution >= 0.6 is 11.3 Å². The molecule has 1 atom stereocenters. The van der Waals surface area contributed by atoms with Crippen molar-refractivity contribution in [2.45, 2.75) is 25.6 Å². The van der Waals surface area contributed by atoms with Crippen molar-refractivity contribution in [3.63, 3.8) is 0 Å². The lowest BCUT2D eigenvalue weighted by atomic mass is 10.2. The molecule has 18 heavy (non-hydrogen) atoms. The van der Waals surface area contributed by atoms with Crippen LogP contribution in [-0.4, -0.2) is 17.2 Å². The van der Waals surface area contributed by atoms with E-state index in [9.17, 15) is 13.2 Å². The Bertz CT molecular complexity index is 550. The summed E-state index contributed by atoms with van der Waals surface area (Å²) >= 11 is 1.44. The zero-order valence-corrected chi connectivity index (χ0v) is 10.4. The van der Waals surface area contributed by atoms with E-state index in [1.807, 2.05) is 0 Å². The van der Waals surface area contributed by atoms with Crippen LogP contribution in [0.2, 0.25) is 0 Å². The van der Waals surface area contributed by atoms with Crippen molar-refractivity contribution >= 4 is 32.9 Å². The average molecular weight is 275 g/mol. The molecule has 3 nitrogen and oxygen atoms in total. The van der Waals surface area contributed by atoms with Gasteiger partial charge in [-0.25, -0.2) is 4.98 Å². The highest BCUT2D eigenvalue weighted by atomic mass is 32.1. The number of aromatic nitrogens is 1. The quantitative estimate of drug-likeness (QED) is 0.841. The SMILES string of the molecule is CC(CC(F)(F)F)Nc1ccc2scnc2c1N. The van der Waals surface area contributed by atoms with Crippen molar-refractivity contribution in [3.8, 4) is 0 Å². The topological polar surface area (TPSA) is 50.9 Å². The number of hydrogen-bond acceptors (Lipinski definition) is 4. The van der Waals surface area contributed by atoms with Crippen LogP contribution in [0.5, 0.6) is 0 Å². The number of thiazole rings is 1. The molecular formula is C11H12F3N3S. The predicted molar refractivity (Wildman–Crippen MR) is 67.8 cm³/mol. The number of hydrogen-bond donors (Lipinski definition) is 2. The van der Waals surface area contributed by atoms with Crippen LogP contribution < -0.4 is 11.1 Å². The van der Waals surface area contributed by atoms with E-state index in [0.717, 1.165) is 4.70 Å². The van der Waals surface area contributed by atoms with Crippen LogP contribution in [0.1, 0.15) is 13.3 Å². The predicted octanol–water partition coefficient (Wildman–Crippen LogP) is 3.63. The van der Waals surface area contributed by atoms with Crippen molar-refractivity contribution in [1.82, 2.24) is 4.98 Å². The lowest BCUT2D eigenvalue weighted by Gasteiger charge is -2.18. The standard InChI is InChI=1S/C11H12F3N3S/c1-6(4-11(12,13)14)17-7-2-3-8-10(9(7)15)16-5-18-8/h2-3,5-6,17H,4,15H2,1H3. The molecule has 1 heterocycles. The molecule has 7 heteroatoms. The highest BCUT2D eigenvalue weighted by Gasteiger charge is 2.30. The second-order valence-corrected chi connectivity index (χ2v) is 4.98. The number of nitrogen functional groups attached to an aromatic ring is 1. The summed E-state index contributed by atoms with van der Waals surface area (Å²) in [5.74, 6) is 0. The van der Waals surface area contributed by atoms with Gasteiger partial charge in [0.05, 0.1) is 28.0 Å². The molecule has 0 saturated carbocycles. The Morgan fingerprint density at radius 3 is 2.83 bits per heavy atom. The average Bonchev–Trinajstić information content (AvgIpc) is 2.68. The van der Waals surface area contributed by atoms with Crippen LogP contribution in [0.15, 0.2) is 17.6 Å². The fourth-order valence-corrected chi connectivity index (χ4v) is 2.43. The number of alkyl halides is 3. The minimum Gasteiger partial charge on any atom is -0.395 e. The van der Waals surface area contributed by atoms with Gasteiger partial charge in [-0.15, -0.1) is 11.3 Å². The van der Waals surface area contributed by atoms with E-state index in [2.05, 4.69) is 10.3 Å². The summed E-state index contributed by atoms with van der Waals surface area (Å²) in [7, 11) is 0. The lowest BCUT2D eigenvalue weighted by Crippen LogP contribution is -2.24. The molecule has 0 radical (unpaired) electrons. The van der Waals surface area contributed by atoms with Gasteiger partial charge in [-0.3, -0.25) is 0 Å². The molecule has 1 aromatic carbocycles. The van der Waals surface area contributed by atoms with Crippen LogP contribution in [-0.2, 0) is 0 Å². The van der Waals surface area contributed by atoms with Crippen molar-refractivity contribution in [1.29, 1.82) is 0 Å². The fraction of sp³-hybridized carbons (Fsp3) is 0.364. The molecular weight excluding hydrogens is 263 g/mol. The van der Waals surface area contributed by atoms with Crippen molar-refractivity contribution < 1.29 is 13.2 Å². The number of halogens is 3. The first-order chi connectivity index (χ1) is 8.37. The maximum absolute atomic E-state index is 12.2. The van der Waals surface area contributed by atoms with Crippen molar-refractivity contribution in [3.05, 3.63) is 17.6 Å². The molecule has 0 spiro atoms. The van der Waals surface area contributed by atoms with Crippen LogP contribution in [0, 0.1) is 0 Å². The number of nitrogens with one attached hydrogen (secondary N) is 1. The molecule has 0 amide bonds. The summed E-state index contributed by atoms with van der Waals surface area (Å²) in [6.07, 6.45) is -5.09. The zero-order chi connectivity index (χ0) is 13.3. The van der Waals surface area contributed by atoms with Gasteiger partial charge in [0, 0.05) is 6.04 Å². The van der Waals surface area contributed by atoms with Gasteiger partial charge in [0.2, 0.25) is 0 Å². The largest absolute Gasteiger partial charge is 0.395 e.